The van der Waals surface area contributed by atoms with Gasteiger partial charge in [-0.3, -0.25) is 14.6 Å². The molecule has 2 aromatic carbocycles. The monoisotopic (exact) mass is 371 g/mol. The van der Waals surface area contributed by atoms with Gasteiger partial charge in [-0.05, 0) is 29.7 Å². The lowest BCUT2D eigenvalue weighted by molar-refractivity contribution is -0.119. The van der Waals surface area contributed by atoms with Gasteiger partial charge in [0.25, 0.3) is 5.91 Å². The molecule has 5 heteroatoms. The molecule has 3 aromatic rings. The number of carbonyl (C=O) groups excluding carboxylic acids is 2. The highest BCUT2D eigenvalue weighted by Crippen LogP contribution is 2.29. The molecule has 0 fully saturated rings. The molecule has 28 heavy (non-hydrogen) atoms. The smallest absolute Gasteiger partial charge is 0.259 e. The molecule has 0 saturated carbocycles. The largest absolute Gasteiger partial charge is 0.351 e. The zero-order valence-electron chi connectivity index (χ0n) is 15.6. The summed E-state index contributed by atoms with van der Waals surface area (Å²) in [6, 6.07) is 19.5. The van der Waals surface area contributed by atoms with E-state index in [1.807, 2.05) is 60.7 Å². The summed E-state index contributed by atoms with van der Waals surface area (Å²) in [7, 11) is 0. The summed E-state index contributed by atoms with van der Waals surface area (Å²) < 4.78 is 0. The molecule has 0 bridgehead atoms. The van der Waals surface area contributed by atoms with Gasteiger partial charge >= 0.3 is 0 Å². The lowest BCUT2D eigenvalue weighted by Crippen LogP contribution is -2.49. The van der Waals surface area contributed by atoms with Crippen molar-refractivity contribution in [1.29, 1.82) is 0 Å². The van der Waals surface area contributed by atoms with E-state index in [1.165, 1.54) is 6.92 Å². The Morgan fingerprint density at radius 3 is 2.54 bits per heavy atom. The highest BCUT2D eigenvalue weighted by atomic mass is 16.2. The second kappa shape index (κ2) is 7.64. The lowest BCUT2D eigenvalue weighted by Gasteiger charge is -2.35. The first kappa shape index (κ1) is 17.9. The Hall–Kier alpha value is -3.47. The third kappa shape index (κ3) is 3.64. The van der Waals surface area contributed by atoms with Gasteiger partial charge < -0.3 is 10.2 Å². The number of nitrogens with one attached hydrogen (secondary N) is 1. The maximum Gasteiger partial charge on any atom is 0.259 e. The van der Waals surface area contributed by atoms with E-state index in [1.54, 1.807) is 17.3 Å². The number of aromatic nitrogens is 1. The first-order chi connectivity index (χ1) is 13.6. The standard InChI is InChI=1S/C23H21N3O2/c1-16(27)25-21-12-18-9-5-6-10-22(18)26(15-21)23(28)20-11-19(13-24-14-20)17-7-3-2-4-8-17/h2-11,13-14,21H,12,15H2,1H3,(H,25,27)/t21-/m0/s1. The van der Waals surface area contributed by atoms with Crippen LogP contribution in [-0.4, -0.2) is 29.4 Å². The molecule has 4 rings (SSSR count). The van der Waals surface area contributed by atoms with E-state index in [0.29, 0.717) is 18.5 Å². The van der Waals surface area contributed by atoms with Crippen molar-refractivity contribution in [2.75, 3.05) is 11.4 Å². The molecule has 2 amide bonds. The quantitative estimate of drug-likeness (QED) is 0.767. The molecule has 2 heterocycles. The highest BCUT2D eigenvalue weighted by molar-refractivity contribution is 6.07. The predicted molar refractivity (Wildman–Crippen MR) is 109 cm³/mol. The summed E-state index contributed by atoms with van der Waals surface area (Å²) in [5.74, 6) is -0.211. The van der Waals surface area contributed by atoms with Gasteiger partial charge in [-0.15, -0.1) is 0 Å². The van der Waals surface area contributed by atoms with Crippen molar-refractivity contribution in [2.24, 2.45) is 0 Å². The van der Waals surface area contributed by atoms with E-state index in [4.69, 9.17) is 0 Å². The van der Waals surface area contributed by atoms with Gasteiger partial charge in [0.15, 0.2) is 0 Å². The molecule has 0 saturated heterocycles. The van der Waals surface area contributed by atoms with Crippen molar-refractivity contribution in [3.05, 3.63) is 84.2 Å². The van der Waals surface area contributed by atoms with Gasteiger partial charge in [0.2, 0.25) is 5.91 Å². The van der Waals surface area contributed by atoms with E-state index < -0.39 is 0 Å². The third-order valence-electron chi connectivity index (χ3n) is 4.90. The van der Waals surface area contributed by atoms with E-state index in [9.17, 15) is 9.59 Å². The van der Waals surface area contributed by atoms with Crippen molar-refractivity contribution in [2.45, 2.75) is 19.4 Å². The Bertz CT molecular complexity index is 1020. The SMILES string of the molecule is CC(=O)N[C@H]1Cc2ccccc2N(C(=O)c2cncc(-c3ccccc3)c2)C1. The number of rotatable bonds is 3. The van der Waals surface area contributed by atoms with Crippen LogP contribution in [0.3, 0.4) is 0 Å². The van der Waals surface area contributed by atoms with E-state index in [0.717, 1.165) is 22.4 Å². The second-order valence-electron chi connectivity index (χ2n) is 6.97. The molecule has 1 N–H and O–H groups in total. The molecule has 0 radical (unpaired) electrons. The maximum atomic E-state index is 13.4. The summed E-state index contributed by atoms with van der Waals surface area (Å²) in [5, 5.41) is 2.95. The summed E-state index contributed by atoms with van der Waals surface area (Å²) in [4.78, 5) is 30.9. The van der Waals surface area contributed by atoms with Crippen LogP contribution >= 0.6 is 0 Å². The normalized spacial score (nSPS) is 15.6. The van der Waals surface area contributed by atoms with Crippen LogP contribution < -0.4 is 10.2 Å². The first-order valence-electron chi connectivity index (χ1n) is 9.29. The summed E-state index contributed by atoms with van der Waals surface area (Å²) in [5.41, 5.74) is 4.38. The van der Waals surface area contributed by atoms with Crippen LogP contribution in [0.1, 0.15) is 22.8 Å². The van der Waals surface area contributed by atoms with Crippen molar-refractivity contribution in [1.82, 2.24) is 10.3 Å². The van der Waals surface area contributed by atoms with Crippen molar-refractivity contribution in [3.63, 3.8) is 0 Å². The Labute approximate surface area is 164 Å². The lowest BCUT2D eigenvalue weighted by atomic mass is 9.96. The van der Waals surface area contributed by atoms with E-state index >= 15 is 0 Å². The predicted octanol–water partition coefficient (Wildman–Crippen LogP) is 3.46. The summed E-state index contributed by atoms with van der Waals surface area (Å²) in [6.07, 6.45) is 4.07. The van der Waals surface area contributed by atoms with Crippen molar-refractivity contribution in [3.8, 4) is 11.1 Å². The van der Waals surface area contributed by atoms with Gasteiger partial charge in [-0.1, -0.05) is 48.5 Å². The Kier molecular flexibility index (Phi) is 4.89. The van der Waals surface area contributed by atoms with Gasteiger partial charge in [0.05, 0.1) is 11.6 Å². The first-order valence-corrected chi connectivity index (χ1v) is 9.29. The molecule has 1 aliphatic rings. The third-order valence-corrected chi connectivity index (χ3v) is 4.90. The second-order valence-corrected chi connectivity index (χ2v) is 6.97. The zero-order chi connectivity index (χ0) is 19.5. The summed E-state index contributed by atoms with van der Waals surface area (Å²) in [6.45, 7) is 1.94. The number of carbonyl (C=O) groups is 2. The fourth-order valence-electron chi connectivity index (χ4n) is 3.67. The Balaban J connectivity index is 1.68. The van der Waals surface area contributed by atoms with Crippen molar-refractivity contribution >= 4 is 17.5 Å². The number of nitrogens with zero attached hydrogens (tertiary/aromatic N) is 2. The molecule has 1 atom stereocenters. The molecule has 0 spiro atoms. The van der Waals surface area contributed by atoms with Crippen molar-refractivity contribution < 1.29 is 9.59 Å². The Morgan fingerprint density at radius 1 is 1.00 bits per heavy atom. The maximum absolute atomic E-state index is 13.4. The molecule has 1 aromatic heterocycles. The number of anilines is 1. The highest BCUT2D eigenvalue weighted by Gasteiger charge is 2.29. The fraction of sp³-hybridized carbons (Fsp3) is 0.174. The number of fused-ring (bicyclic) bond motifs is 1. The minimum atomic E-state index is -0.118. The molecule has 5 nitrogen and oxygen atoms in total. The number of hydrogen-bond donors (Lipinski definition) is 1. The van der Waals surface area contributed by atoms with Crippen LogP contribution in [-0.2, 0) is 11.2 Å². The molecule has 0 unspecified atom stereocenters. The van der Waals surface area contributed by atoms with E-state index in [-0.39, 0.29) is 17.9 Å². The fourth-order valence-corrected chi connectivity index (χ4v) is 3.67. The topological polar surface area (TPSA) is 62.3 Å². The average Bonchev–Trinajstić information content (AvgIpc) is 2.73. The van der Waals surface area contributed by atoms with Crippen LogP contribution in [0, 0.1) is 0 Å². The van der Waals surface area contributed by atoms with Gasteiger partial charge in [0.1, 0.15) is 0 Å². The number of pyridine rings is 1. The van der Waals surface area contributed by atoms with Gasteiger partial charge in [0, 0.05) is 37.1 Å². The number of benzene rings is 2. The number of para-hydroxylation sites is 1. The van der Waals surface area contributed by atoms with Gasteiger partial charge in [-0.2, -0.15) is 0 Å². The molecule has 1 aliphatic heterocycles. The minimum absolute atomic E-state index is 0.0930. The molecular weight excluding hydrogens is 350 g/mol. The van der Waals surface area contributed by atoms with E-state index in [2.05, 4.69) is 10.3 Å². The number of amides is 2. The molecule has 0 aliphatic carbocycles. The van der Waals surface area contributed by atoms with Crippen LogP contribution in [0.5, 0.6) is 0 Å². The van der Waals surface area contributed by atoms with Crippen LogP contribution in [0.4, 0.5) is 5.69 Å². The van der Waals surface area contributed by atoms with Crippen LogP contribution in [0.15, 0.2) is 73.1 Å². The van der Waals surface area contributed by atoms with Gasteiger partial charge in [-0.25, -0.2) is 0 Å². The molecule has 140 valence electrons. The summed E-state index contributed by atoms with van der Waals surface area (Å²) >= 11 is 0. The zero-order valence-corrected chi connectivity index (χ0v) is 15.6. The average molecular weight is 371 g/mol. The van der Waals surface area contributed by atoms with Crippen LogP contribution in [0.2, 0.25) is 0 Å². The Morgan fingerprint density at radius 2 is 1.75 bits per heavy atom. The van der Waals surface area contributed by atoms with Crippen LogP contribution in [0.25, 0.3) is 11.1 Å². The molecular formula is C23H21N3O2. The minimum Gasteiger partial charge on any atom is -0.351 e. The number of hydrogen-bond acceptors (Lipinski definition) is 3.